The summed E-state index contributed by atoms with van der Waals surface area (Å²) < 4.78 is 5.45. The molecule has 3 unspecified atom stereocenters. The van der Waals surface area contributed by atoms with Gasteiger partial charge in [-0.15, -0.1) is 0 Å². The molecule has 7 atom stereocenters. The number of morpholine rings is 1. The average molecular weight is 442 g/mol. The fourth-order valence-electron chi connectivity index (χ4n) is 5.07. The molecule has 1 aromatic heterocycles. The molecule has 172 valence electrons. The number of aliphatic hydroxyl groups excluding tert-OH is 2. The summed E-state index contributed by atoms with van der Waals surface area (Å²) in [6.07, 6.45) is -1.84. The van der Waals surface area contributed by atoms with Crippen molar-refractivity contribution in [1.29, 1.82) is 0 Å². The molecule has 3 aliphatic rings. The molecule has 3 heterocycles. The number of rotatable bonds is 4. The lowest BCUT2D eigenvalue weighted by atomic mass is 9.95. The second-order valence-corrected chi connectivity index (χ2v) is 9.08. The van der Waals surface area contributed by atoms with Crippen molar-refractivity contribution in [3.8, 4) is 0 Å². The van der Waals surface area contributed by atoms with E-state index in [2.05, 4.69) is 20.9 Å². The van der Waals surface area contributed by atoms with Crippen molar-refractivity contribution in [1.82, 2.24) is 25.8 Å². The fraction of sp³-hybridized carbons (Fsp3) is 0.565. The van der Waals surface area contributed by atoms with Gasteiger partial charge in [-0.3, -0.25) is 25.3 Å². The van der Waals surface area contributed by atoms with Crippen LogP contribution in [0.3, 0.4) is 0 Å². The van der Waals surface area contributed by atoms with Crippen molar-refractivity contribution in [2.24, 2.45) is 5.92 Å². The number of carbonyl (C=O) groups excluding carboxylic acids is 1. The van der Waals surface area contributed by atoms with Crippen LogP contribution >= 0.6 is 0 Å². The van der Waals surface area contributed by atoms with Gasteiger partial charge in [0.2, 0.25) is 5.91 Å². The van der Waals surface area contributed by atoms with Gasteiger partial charge in [-0.25, -0.2) is 0 Å². The summed E-state index contributed by atoms with van der Waals surface area (Å²) in [4.78, 5) is 20.3. The van der Waals surface area contributed by atoms with Gasteiger partial charge < -0.3 is 20.3 Å². The topological polar surface area (TPSA) is 119 Å². The molecular weight excluding hydrogens is 410 g/mol. The number of ether oxygens (including phenoxy) is 1. The molecule has 0 spiro atoms. The summed E-state index contributed by atoms with van der Waals surface area (Å²) in [7, 11) is 0. The maximum atomic E-state index is 13.4. The molecule has 1 saturated carbocycles. The number of nitrogens with one attached hydrogen (secondary N) is 3. The van der Waals surface area contributed by atoms with Crippen LogP contribution in [0, 0.1) is 5.92 Å². The molecule has 5 N–H and O–H groups in total. The molecule has 0 bridgehead atoms. The Labute approximate surface area is 187 Å². The maximum absolute atomic E-state index is 13.4. The molecule has 1 aromatic carbocycles. The van der Waals surface area contributed by atoms with Crippen LogP contribution in [0.1, 0.15) is 25.0 Å². The zero-order valence-electron chi connectivity index (χ0n) is 18.1. The lowest BCUT2D eigenvalue weighted by Gasteiger charge is -2.44. The predicted octanol–water partition coefficient (Wildman–Crippen LogP) is -0.300. The van der Waals surface area contributed by atoms with Crippen molar-refractivity contribution in [3.05, 3.63) is 42.1 Å². The average Bonchev–Trinajstić information content (AvgIpc) is 3.05. The largest absolute Gasteiger partial charge is 0.390 e. The summed E-state index contributed by atoms with van der Waals surface area (Å²) >= 11 is 0. The summed E-state index contributed by atoms with van der Waals surface area (Å²) in [5.41, 5.74) is 1.49. The first kappa shape index (κ1) is 21.7. The first-order chi connectivity index (χ1) is 15.5. The highest BCUT2D eigenvalue weighted by atomic mass is 16.5. The van der Waals surface area contributed by atoms with Gasteiger partial charge in [-0.2, -0.15) is 0 Å². The highest BCUT2D eigenvalue weighted by Crippen LogP contribution is 2.29. The molecule has 1 aliphatic carbocycles. The summed E-state index contributed by atoms with van der Waals surface area (Å²) in [5, 5.41) is 31.9. The van der Waals surface area contributed by atoms with Gasteiger partial charge in [-0.05, 0) is 24.5 Å². The monoisotopic (exact) mass is 441 g/mol. The number of hydrogen-bond acceptors (Lipinski definition) is 8. The van der Waals surface area contributed by atoms with Crippen LogP contribution in [0.5, 0.6) is 0 Å². The second kappa shape index (κ2) is 9.01. The predicted molar refractivity (Wildman–Crippen MR) is 118 cm³/mol. The first-order valence-corrected chi connectivity index (χ1v) is 11.4. The summed E-state index contributed by atoms with van der Waals surface area (Å²) in [5.74, 6) is -0.731. The van der Waals surface area contributed by atoms with E-state index < -0.39 is 24.3 Å². The zero-order valence-corrected chi connectivity index (χ0v) is 18.1. The molecule has 32 heavy (non-hydrogen) atoms. The van der Waals surface area contributed by atoms with Gasteiger partial charge in [0.1, 0.15) is 12.2 Å². The number of carbonyl (C=O) groups is 1. The number of hydrogen-bond donors (Lipinski definition) is 5. The van der Waals surface area contributed by atoms with E-state index in [1.165, 1.54) is 0 Å². The van der Waals surface area contributed by atoms with E-state index in [-0.39, 0.29) is 24.2 Å². The zero-order chi connectivity index (χ0) is 22.2. The Bertz CT molecular complexity index is 968. The van der Waals surface area contributed by atoms with Gasteiger partial charge in [0.15, 0.2) is 0 Å². The van der Waals surface area contributed by atoms with Crippen molar-refractivity contribution in [3.63, 3.8) is 0 Å². The van der Waals surface area contributed by atoms with Gasteiger partial charge in [0.05, 0.1) is 42.8 Å². The van der Waals surface area contributed by atoms with E-state index >= 15 is 0 Å². The lowest BCUT2D eigenvalue weighted by molar-refractivity contribution is -0.131. The van der Waals surface area contributed by atoms with Crippen LogP contribution in [0.4, 0.5) is 0 Å². The Morgan fingerprint density at radius 2 is 1.91 bits per heavy atom. The van der Waals surface area contributed by atoms with Crippen molar-refractivity contribution >= 4 is 16.8 Å². The van der Waals surface area contributed by atoms with Gasteiger partial charge in [0.25, 0.3) is 0 Å². The first-order valence-electron chi connectivity index (χ1n) is 11.4. The Balaban J connectivity index is 1.44. The number of para-hydroxylation sites is 1. The van der Waals surface area contributed by atoms with E-state index in [9.17, 15) is 15.0 Å². The van der Waals surface area contributed by atoms with Crippen molar-refractivity contribution < 1.29 is 19.7 Å². The number of fused-ring (bicyclic) bond motifs is 1. The third kappa shape index (κ3) is 4.12. The molecule has 5 rings (SSSR count). The highest BCUT2D eigenvalue weighted by molar-refractivity contribution is 5.86. The number of benzene rings is 1. The minimum absolute atomic E-state index is 0.0211. The fourth-order valence-corrected chi connectivity index (χ4v) is 5.07. The molecule has 9 nitrogen and oxygen atoms in total. The molecule has 9 heteroatoms. The maximum Gasteiger partial charge on any atom is 0.234 e. The van der Waals surface area contributed by atoms with Crippen LogP contribution < -0.4 is 16.0 Å². The normalized spacial score (nSPS) is 36.3. The quantitative estimate of drug-likeness (QED) is 0.439. The van der Waals surface area contributed by atoms with E-state index in [0.29, 0.717) is 38.4 Å². The minimum Gasteiger partial charge on any atom is -0.390 e. The number of aromatic nitrogens is 1. The Morgan fingerprint density at radius 1 is 1.12 bits per heavy atom. The SMILES string of the molecule is C[C@H]1C[C@@H](NC2NC(N3CCOCC3)NC(=O)C2c2ccc3ccccc3n2)[C@H](O)[C@@H]1O. The van der Waals surface area contributed by atoms with Crippen LogP contribution in [-0.4, -0.2) is 83.0 Å². The molecular formula is C23H31N5O4. The summed E-state index contributed by atoms with van der Waals surface area (Å²) in [6.45, 7) is 4.59. The highest BCUT2D eigenvalue weighted by Gasteiger charge is 2.45. The molecule has 2 saturated heterocycles. The van der Waals surface area contributed by atoms with Crippen LogP contribution in [-0.2, 0) is 9.53 Å². The molecule has 0 radical (unpaired) electrons. The Hall–Kier alpha value is -2.14. The van der Waals surface area contributed by atoms with Crippen molar-refractivity contribution in [2.45, 2.75) is 50.0 Å². The number of amides is 1. The number of pyridine rings is 1. The minimum atomic E-state index is -0.885. The van der Waals surface area contributed by atoms with Gasteiger partial charge >= 0.3 is 0 Å². The van der Waals surface area contributed by atoms with E-state index in [0.717, 1.165) is 10.9 Å². The standard InChI is InChI=1S/C23H31N5O4/c1-13-12-17(20(30)19(13)29)25-21-18(16-7-6-14-4-2-3-5-15(14)24-16)22(31)27-23(26-21)28-8-10-32-11-9-28/h2-7,13,17-21,23,25-26,29-30H,8-12H2,1H3,(H,27,31)/t13-,17+,18?,19+,20-,21?,23?/m0/s1. The smallest absolute Gasteiger partial charge is 0.234 e. The van der Waals surface area contributed by atoms with Crippen molar-refractivity contribution in [2.75, 3.05) is 26.3 Å². The Morgan fingerprint density at radius 3 is 2.66 bits per heavy atom. The number of aliphatic hydroxyl groups is 2. The molecule has 1 amide bonds. The van der Waals surface area contributed by atoms with E-state index in [1.807, 2.05) is 43.3 Å². The molecule has 3 fully saturated rings. The van der Waals surface area contributed by atoms with Crippen LogP contribution in [0.2, 0.25) is 0 Å². The van der Waals surface area contributed by atoms with Crippen LogP contribution in [0.25, 0.3) is 10.9 Å². The number of nitrogens with zero attached hydrogens (tertiary/aromatic N) is 2. The second-order valence-electron chi connectivity index (χ2n) is 9.08. The third-order valence-electron chi connectivity index (χ3n) is 6.95. The summed E-state index contributed by atoms with van der Waals surface area (Å²) in [6, 6.07) is 11.4. The molecule has 2 aromatic rings. The van der Waals surface area contributed by atoms with E-state index in [4.69, 9.17) is 9.72 Å². The van der Waals surface area contributed by atoms with Gasteiger partial charge in [-0.1, -0.05) is 31.2 Å². The van der Waals surface area contributed by atoms with Crippen LogP contribution in [0.15, 0.2) is 36.4 Å². The Kier molecular flexibility index (Phi) is 6.11. The lowest BCUT2D eigenvalue weighted by Crippen LogP contribution is -2.71. The van der Waals surface area contributed by atoms with Gasteiger partial charge in [0, 0.05) is 24.5 Å². The van der Waals surface area contributed by atoms with E-state index in [1.54, 1.807) is 0 Å². The third-order valence-corrected chi connectivity index (χ3v) is 6.95. The molecule has 2 aliphatic heterocycles.